The number of aromatic nitrogens is 1. The lowest BCUT2D eigenvalue weighted by Crippen LogP contribution is -2.44. The van der Waals surface area contributed by atoms with Gasteiger partial charge in [-0.3, -0.25) is 9.69 Å². The minimum atomic E-state index is -0.261. The Morgan fingerprint density at radius 1 is 1.14 bits per heavy atom. The van der Waals surface area contributed by atoms with E-state index in [2.05, 4.69) is 27.3 Å². The minimum Gasteiger partial charge on any atom is -0.490 e. The molecule has 29 heavy (non-hydrogen) atoms. The van der Waals surface area contributed by atoms with Gasteiger partial charge in [0.2, 0.25) is 5.91 Å². The van der Waals surface area contributed by atoms with Gasteiger partial charge in [-0.2, -0.15) is 0 Å². The number of carbonyl (C=O) groups excluding carboxylic acids is 1. The number of aromatic amines is 1. The average molecular weight is 395 g/mol. The number of piperidine rings is 1. The molecule has 0 atom stereocenters. The first-order chi connectivity index (χ1) is 14.2. The fourth-order valence-corrected chi connectivity index (χ4v) is 3.82. The van der Waals surface area contributed by atoms with Gasteiger partial charge in [-0.25, -0.2) is 4.39 Å². The summed E-state index contributed by atoms with van der Waals surface area (Å²) in [5, 5.41) is 4.24. The summed E-state index contributed by atoms with van der Waals surface area (Å²) in [7, 11) is 0. The molecule has 0 saturated carbocycles. The first kappa shape index (κ1) is 19.5. The standard InChI is InChI=1S/C23H26FN3O2/c24-18-5-7-19(8-6-18)29-20-10-13-27(14-11-20)16-23(28)25-12-9-17-15-26-22-4-2-1-3-21(17)22/h1-8,15,20,26H,9-14,16H2,(H,25,28). The molecule has 0 unspecified atom stereocenters. The summed E-state index contributed by atoms with van der Waals surface area (Å²) in [4.78, 5) is 17.7. The predicted octanol–water partition coefficient (Wildman–Crippen LogP) is 3.51. The van der Waals surface area contributed by atoms with Crippen molar-refractivity contribution in [3.63, 3.8) is 0 Å². The smallest absolute Gasteiger partial charge is 0.234 e. The maximum Gasteiger partial charge on any atom is 0.234 e. The average Bonchev–Trinajstić information content (AvgIpc) is 3.14. The SMILES string of the molecule is O=C(CN1CCC(Oc2ccc(F)cc2)CC1)NCCc1c[nH]c2ccccc12. The Kier molecular flexibility index (Phi) is 6.10. The van der Waals surface area contributed by atoms with Crippen LogP contribution in [-0.2, 0) is 11.2 Å². The van der Waals surface area contributed by atoms with E-state index in [1.807, 2.05) is 18.3 Å². The van der Waals surface area contributed by atoms with E-state index in [0.29, 0.717) is 18.8 Å². The summed E-state index contributed by atoms with van der Waals surface area (Å²) in [5.74, 6) is 0.491. The van der Waals surface area contributed by atoms with Gasteiger partial charge in [-0.05, 0) is 55.2 Å². The van der Waals surface area contributed by atoms with Crippen molar-refractivity contribution < 1.29 is 13.9 Å². The molecule has 1 saturated heterocycles. The number of benzene rings is 2. The van der Waals surface area contributed by atoms with Crippen molar-refractivity contribution in [2.24, 2.45) is 0 Å². The van der Waals surface area contributed by atoms with Crippen LogP contribution in [0.25, 0.3) is 10.9 Å². The first-order valence-electron chi connectivity index (χ1n) is 10.1. The summed E-state index contributed by atoms with van der Waals surface area (Å²) >= 11 is 0. The van der Waals surface area contributed by atoms with Gasteiger partial charge >= 0.3 is 0 Å². The number of carbonyl (C=O) groups is 1. The number of rotatable bonds is 7. The van der Waals surface area contributed by atoms with Crippen LogP contribution in [0.5, 0.6) is 5.75 Å². The van der Waals surface area contributed by atoms with E-state index in [1.54, 1.807) is 12.1 Å². The molecule has 0 radical (unpaired) electrons. The van der Waals surface area contributed by atoms with Crippen LogP contribution in [-0.4, -0.2) is 48.1 Å². The summed E-state index contributed by atoms with van der Waals surface area (Å²) in [5.41, 5.74) is 2.35. The van der Waals surface area contributed by atoms with Crippen LogP contribution in [0.3, 0.4) is 0 Å². The number of nitrogens with zero attached hydrogens (tertiary/aromatic N) is 1. The van der Waals surface area contributed by atoms with E-state index in [-0.39, 0.29) is 17.8 Å². The Morgan fingerprint density at radius 3 is 2.69 bits per heavy atom. The van der Waals surface area contributed by atoms with Crippen molar-refractivity contribution in [1.29, 1.82) is 0 Å². The van der Waals surface area contributed by atoms with Crippen molar-refractivity contribution >= 4 is 16.8 Å². The van der Waals surface area contributed by atoms with Gasteiger partial charge in [0.05, 0.1) is 6.54 Å². The number of hydrogen-bond acceptors (Lipinski definition) is 3. The van der Waals surface area contributed by atoms with Crippen LogP contribution in [0, 0.1) is 5.82 Å². The van der Waals surface area contributed by atoms with Gasteiger partial charge < -0.3 is 15.0 Å². The molecule has 2 N–H and O–H groups in total. The lowest BCUT2D eigenvalue weighted by molar-refractivity contribution is -0.122. The zero-order valence-electron chi connectivity index (χ0n) is 16.4. The van der Waals surface area contributed by atoms with E-state index >= 15 is 0 Å². The zero-order chi connectivity index (χ0) is 20.1. The van der Waals surface area contributed by atoms with E-state index in [4.69, 9.17) is 4.74 Å². The number of nitrogens with one attached hydrogen (secondary N) is 2. The van der Waals surface area contributed by atoms with Crippen LogP contribution in [0.4, 0.5) is 4.39 Å². The third-order valence-electron chi connectivity index (χ3n) is 5.41. The Hall–Kier alpha value is -2.86. The summed E-state index contributed by atoms with van der Waals surface area (Å²) in [6.07, 6.45) is 4.66. The molecule has 152 valence electrons. The highest BCUT2D eigenvalue weighted by Gasteiger charge is 2.22. The minimum absolute atomic E-state index is 0.0581. The lowest BCUT2D eigenvalue weighted by Gasteiger charge is -2.31. The molecule has 1 amide bonds. The Labute approximate surface area is 169 Å². The van der Waals surface area contributed by atoms with E-state index in [0.717, 1.165) is 37.9 Å². The summed E-state index contributed by atoms with van der Waals surface area (Å²) in [6, 6.07) is 14.3. The second kappa shape index (κ2) is 9.09. The molecule has 0 aliphatic carbocycles. The predicted molar refractivity (Wildman–Crippen MR) is 112 cm³/mol. The molecule has 2 aromatic carbocycles. The fourth-order valence-electron chi connectivity index (χ4n) is 3.82. The monoisotopic (exact) mass is 395 g/mol. The van der Waals surface area contributed by atoms with Gasteiger partial charge in [0.15, 0.2) is 0 Å². The lowest BCUT2D eigenvalue weighted by atomic mass is 10.1. The Morgan fingerprint density at radius 2 is 1.90 bits per heavy atom. The second-order valence-corrected chi connectivity index (χ2v) is 7.51. The van der Waals surface area contributed by atoms with Gasteiger partial charge in [0.1, 0.15) is 17.7 Å². The van der Waals surface area contributed by atoms with Crippen LogP contribution < -0.4 is 10.1 Å². The maximum absolute atomic E-state index is 13.0. The molecule has 5 nitrogen and oxygen atoms in total. The van der Waals surface area contributed by atoms with E-state index in [1.165, 1.54) is 23.1 Å². The topological polar surface area (TPSA) is 57.4 Å². The van der Waals surface area contributed by atoms with Crippen LogP contribution in [0.2, 0.25) is 0 Å². The fraction of sp³-hybridized carbons (Fsp3) is 0.348. The Balaban J connectivity index is 1.16. The number of fused-ring (bicyclic) bond motifs is 1. The molecule has 0 spiro atoms. The highest BCUT2D eigenvalue weighted by molar-refractivity contribution is 5.83. The van der Waals surface area contributed by atoms with Crippen LogP contribution in [0.1, 0.15) is 18.4 Å². The number of ether oxygens (including phenoxy) is 1. The van der Waals surface area contributed by atoms with Gasteiger partial charge in [-0.1, -0.05) is 18.2 Å². The summed E-state index contributed by atoms with van der Waals surface area (Å²) in [6.45, 7) is 2.69. The molecule has 4 rings (SSSR count). The molecule has 1 aromatic heterocycles. The molecule has 2 heterocycles. The number of hydrogen-bond donors (Lipinski definition) is 2. The number of likely N-dealkylation sites (tertiary alicyclic amines) is 1. The molecule has 0 bridgehead atoms. The van der Waals surface area contributed by atoms with Crippen molar-refractivity contribution in [2.75, 3.05) is 26.2 Å². The van der Waals surface area contributed by atoms with Crippen molar-refractivity contribution in [1.82, 2.24) is 15.2 Å². The third kappa shape index (κ3) is 5.15. The van der Waals surface area contributed by atoms with Gasteiger partial charge in [-0.15, -0.1) is 0 Å². The highest BCUT2D eigenvalue weighted by atomic mass is 19.1. The van der Waals surface area contributed by atoms with E-state index in [9.17, 15) is 9.18 Å². The molecule has 1 aliphatic heterocycles. The van der Waals surface area contributed by atoms with Gasteiger partial charge in [0.25, 0.3) is 0 Å². The number of para-hydroxylation sites is 1. The van der Waals surface area contributed by atoms with Crippen molar-refractivity contribution in [3.8, 4) is 5.75 Å². The molecule has 6 heteroatoms. The number of amides is 1. The third-order valence-corrected chi connectivity index (χ3v) is 5.41. The van der Waals surface area contributed by atoms with Crippen molar-refractivity contribution in [3.05, 3.63) is 66.1 Å². The molecular weight excluding hydrogens is 369 g/mol. The molecule has 3 aromatic rings. The number of halogens is 1. The maximum atomic E-state index is 13.0. The molecule has 1 aliphatic rings. The first-order valence-corrected chi connectivity index (χ1v) is 10.1. The molecule has 1 fully saturated rings. The van der Waals surface area contributed by atoms with Gasteiger partial charge in [0, 0.05) is 36.7 Å². The quantitative estimate of drug-likeness (QED) is 0.644. The number of H-pyrrole nitrogens is 1. The van der Waals surface area contributed by atoms with Crippen molar-refractivity contribution in [2.45, 2.75) is 25.4 Å². The van der Waals surface area contributed by atoms with E-state index < -0.39 is 0 Å². The summed E-state index contributed by atoms with van der Waals surface area (Å²) < 4.78 is 18.9. The zero-order valence-corrected chi connectivity index (χ0v) is 16.4. The van der Waals surface area contributed by atoms with Crippen LogP contribution >= 0.6 is 0 Å². The second-order valence-electron chi connectivity index (χ2n) is 7.51. The highest BCUT2D eigenvalue weighted by Crippen LogP contribution is 2.20. The Bertz CT molecular complexity index is 946. The largest absolute Gasteiger partial charge is 0.490 e. The van der Waals surface area contributed by atoms with Crippen LogP contribution in [0.15, 0.2) is 54.7 Å². The molecular formula is C23H26FN3O2. The normalized spacial score (nSPS) is 15.5.